The van der Waals surface area contributed by atoms with Gasteiger partial charge in [0.15, 0.2) is 0 Å². The summed E-state index contributed by atoms with van der Waals surface area (Å²) >= 11 is 0. The second kappa shape index (κ2) is 5.27. The van der Waals surface area contributed by atoms with Crippen LogP contribution in [0.3, 0.4) is 0 Å². The summed E-state index contributed by atoms with van der Waals surface area (Å²) in [6.45, 7) is 0.702. The van der Waals surface area contributed by atoms with E-state index in [9.17, 15) is 9.18 Å². The van der Waals surface area contributed by atoms with Crippen molar-refractivity contribution in [3.8, 4) is 0 Å². The Labute approximate surface area is 100 Å². The highest BCUT2D eigenvalue weighted by molar-refractivity contribution is 5.78. The molecule has 0 radical (unpaired) electrons. The van der Waals surface area contributed by atoms with Gasteiger partial charge in [-0.15, -0.1) is 0 Å². The van der Waals surface area contributed by atoms with Gasteiger partial charge in [0.1, 0.15) is 5.82 Å². The van der Waals surface area contributed by atoms with Crippen LogP contribution in [0.5, 0.6) is 0 Å². The highest BCUT2D eigenvalue weighted by Crippen LogP contribution is 2.24. The van der Waals surface area contributed by atoms with E-state index in [1.165, 1.54) is 12.1 Å². The van der Waals surface area contributed by atoms with Gasteiger partial charge in [-0.3, -0.25) is 4.79 Å². The summed E-state index contributed by atoms with van der Waals surface area (Å²) in [5.74, 6) is 0.233. The quantitative estimate of drug-likeness (QED) is 0.826. The van der Waals surface area contributed by atoms with E-state index in [0.29, 0.717) is 24.9 Å². The monoisotopic (exact) mass is 236 g/mol. The van der Waals surface area contributed by atoms with E-state index >= 15 is 0 Å². The Morgan fingerprint density at radius 1 is 1.35 bits per heavy atom. The fourth-order valence-electron chi connectivity index (χ4n) is 2.06. The maximum atomic E-state index is 12.7. The molecule has 0 unspecified atom stereocenters. The molecular weight excluding hydrogens is 219 g/mol. The lowest BCUT2D eigenvalue weighted by Gasteiger charge is -2.32. The van der Waals surface area contributed by atoms with E-state index in [-0.39, 0.29) is 11.7 Å². The number of benzene rings is 1. The van der Waals surface area contributed by atoms with E-state index in [1.807, 2.05) is 0 Å². The van der Waals surface area contributed by atoms with Gasteiger partial charge in [0.05, 0.1) is 6.42 Å². The highest BCUT2D eigenvalue weighted by atomic mass is 19.1. The van der Waals surface area contributed by atoms with Crippen molar-refractivity contribution in [3.05, 3.63) is 35.6 Å². The first-order valence-corrected chi connectivity index (χ1v) is 5.90. The lowest BCUT2D eigenvalue weighted by Crippen LogP contribution is -2.42. The lowest BCUT2D eigenvalue weighted by atomic mass is 9.81. The number of amides is 1. The van der Waals surface area contributed by atoms with Crippen LogP contribution < -0.4 is 11.1 Å². The molecule has 0 atom stereocenters. The summed E-state index contributed by atoms with van der Waals surface area (Å²) < 4.78 is 12.7. The molecule has 1 saturated carbocycles. The van der Waals surface area contributed by atoms with Crippen molar-refractivity contribution in [1.29, 1.82) is 0 Å². The van der Waals surface area contributed by atoms with Gasteiger partial charge >= 0.3 is 0 Å². The Balaban J connectivity index is 1.71. The summed E-state index contributed by atoms with van der Waals surface area (Å²) in [5.41, 5.74) is 6.49. The van der Waals surface area contributed by atoms with Gasteiger partial charge in [0.2, 0.25) is 5.91 Å². The molecule has 1 aliphatic carbocycles. The average molecular weight is 236 g/mol. The van der Waals surface area contributed by atoms with Gasteiger partial charge in [-0.05, 0) is 36.5 Å². The summed E-state index contributed by atoms with van der Waals surface area (Å²) in [6, 6.07) is 6.32. The minimum Gasteiger partial charge on any atom is -0.356 e. The zero-order valence-electron chi connectivity index (χ0n) is 9.66. The SMILES string of the molecule is NC1CC(CNC(=O)Cc2ccc(F)cc2)C1. The summed E-state index contributed by atoms with van der Waals surface area (Å²) in [4.78, 5) is 11.6. The molecule has 4 heteroatoms. The van der Waals surface area contributed by atoms with Crippen molar-refractivity contribution in [2.24, 2.45) is 11.7 Å². The van der Waals surface area contributed by atoms with Gasteiger partial charge in [-0.2, -0.15) is 0 Å². The van der Waals surface area contributed by atoms with Crippen LogP contribution in [-0.2, 0) is 11.2 Å². The Morgan fingerprint density at radius 2 is 2.00 bits per heavy atom. The van der Waals surface area contributed by atoms with Crippen LogP contribution in [0.1, 0.15) is 18.4 Å². The molecule has 0 heterocycles. The van der Waals surface area contributed by atoms with Gasteiger partial charge < -0.3 is 11.1 Å². The van der Waals surface area contributed by atoms with Gasteiger partial charge in [0.25, 0.3) is 0 Å². The van der Waals surface area contributed by atoms with E-state index in [1.54, 1.807) is 12.1 Å². The first-order chi connectivity index (χ1) is 8.13. The van der Waals surface area contributed by atoms with Crippen molar-refractivity contribution in [2.45, 2.75) is 25.3 Å². The van der Waals surface area contributed by atoms with Crippen LogP contribution in [0.4, 0.5) is 4.39 Å². The van der Waals surface area contributed by atoms with Crippen LogP contribution in [-0.4, -0.2) is 18.5 Å². The fraction of sp³-hybridized carbons (Fsp3) is 0.462. The first-order valence-electron chi connectivity index (χ1n) is 5.90. The lowest BCUT2D eigenvalue weighted by molar-refractivity contribution is -0.120. The highest BCUT2D eigenvalue weighted by Gasteiger charge is 2.25. The van der Waals surface area contributed by atoms with E-state index in [4.69, 9.17) is 5.73 Å². The normalized spacial score (nSPS) is 22.9. The molecule has 1 fully saturated rings. The van der Waals surface area contributed by atoms with Crippen molar-refractivity contribution >= 4 is 5.91 Å². The second-order valence-electron chi connectivity index (χ2n) is 4.70. The summed E-state index contributed by atoms with van der Waals surface area (Å²) in [7, 11) is 0. The van der Waals surface area contributed by atoms with Crippen LogP contribution in [0.15, 0.2) is 24.3 Å². The predicted molar refractivity (Wildman–Crippen MR) is 63.8 cm³/mol. The molecule has 1 aromatic carbocycles. The zero-order valence-corrected chi connectivity index (χ0v) is 9.66. The van der Waals surface area contributed by atoms with Crippen LogP contribution in [0.25, 0.3) is 0 Å². The smallest absolute Gasteiger partial charge is 0.224 e. The Bertz CT molecular complexity index is 385. The van der Waals surface area contributed by atoms with Gasteiger partial charge in [0, 0.05) is 12.6 Å². The molecule has 0 aromatic heterocycles. The second-order valence-corrected chi connectivity index (χ2v) is 4.70. The molecule has 1 amide bonds. The van der Waals surface area contributed by atoms with Crippen LogP contribution in [0.2, 0.25) is 0 Å². The largest absolute Gasteiger partial charge is 0.356 e. The standard InChI is InChI=1S/C13H17FN2O/c14-11-3-1-9(2-4-11)7-13(17)16-8-10-5-12(15)6-10/h1-4,10,12H,5-8,15H2,(H,16,17). The maximum Gasteiger partial charge on any atom is 0.224 e. The third-order valence-corrected chi connectivity index (χ3v) is 3.14. The third kappa shape index (κ3) is 3.53. The number of hydrogen-bond acceptors (Lipinski definition) is 2. The third-order valence-electron chi connectivity index (χ3n) is 3.14. The van der Waals surface area contributed by atoms with Crippen molar-refractivity contribution < 1.29 is 9.18 Å². The molecular formula is C13H17FN2O. The Hall–Kier alpha value is -1.42. The number of halogens is 1. The molecule has 1 aliphatic rings. The molecule has 92 valence electrons. The van der Waals surface area contributed by atoms with E-state index in [2.05, 4.69) is 5.32 Å². The molecule has 0 saturated heterocycles. The Kier molecular flexibility index (Phi) is 3.74. The number of carbonyl (C=O) groups excluding carboxylic acids is 1. The number of carbonyl (C=O) groups is 1. The molecule has 0 spiro atoms. The van der Waals surface area contributed by atoms with E-state index in [0.717, 1.165) is 18.4 Å². The minimum atomic E-state index is -0.280. The number of rotatable bonds is 4. The topological polar surface area (TPSA) is 55.1 Å². The average Bonchev–Trinajstić information content (AvgIpc) is 2.26. The number of nitrogens with two attached hydrogens (primary N) is 1. The van der Waals surface area contributed by atoms with Gasteiger partial charge in [-0.1, -0.05) is 12.1 Å². The van der Waals surface area contributed by atoms with E-state index < -0.39 is 0 Å². The first kappa shape index (κ1) is 12.0. The predicted octanol–water partition coefficient (Wildman–Crippen LogP) is 1.22. The summed E-state index contributed by atoms with van der Waals surface area (Å²) in [6.07, 6.45) is 2.30. The van der Waals surface area contributed by atoms with Crippen LogP contribution in [0, 0.1) is 11.7 Å². The van der Waals surface area contributed by atoms with Gasteiger partial charge in [-0.25, -0.2) is 4.39 Å². The fourth-order valence-corrected chi connectivity index (χ4v) is 2.06. The molecule has 2 rings (SSSR count). The molecule has 0 bridgehead atoms. The molecule has 17 heavy (non-hydrogen) atoms. The molecule has 1 aromatic rings. The molecule has 0 aliphatic heterocycles. The summed E-state index contributed by atoms with van der Waals surface area (Å²) in [5, 5.41) is 2.88. The molecule has 3 nitrogen and oxygen atoms in total. The van der Waals surface area contributed by atoms with Crippen molar-refractivity contribution in [3.63, 3.8) is 0 Å². The van der Waals surface area contributed by atoms with Crippen LogP contribution >= 0.6 is 0 Å². The minimum absolute atomic E-state index is 0.0166. The van der Waals surface area contributed by atoms with Crippen molar-refractivity contribution in [1.82, 2.24) is 5.32 Å². The number of nitrogens with one attached hydrogen (secondary N) is 1. The molecule has 3 N–H and O–H groups in total. The Morgan fingerprint density at radius 3 is 2.59 bits per heavy atom. The van der Waals surface area contributed by atoms with Crippen molar-refractivity contribution in [2.75, 3.05) is 6.54 Å². The maximum absolute atomic E-state index is 12.7. The number of hydrogen-bond donors (Lipinski definition) is 2. The zero-order chi connectivity index (χ0) is 12.3.